The molecule has 1 aromatic rings. The lowest BCUT2D eigenvalue weighted by molar-refractivity contribution is 0.216. The van der Waals surface area contributed by atoms with Crippen LogP contribution < -0.4 is 0 Å². The molecule has 0 bridgehead atoms. The number of hydrogen-bond donors (Lipinski definition) is 1. The minimum Gasteiger partial charge on any atom is -0.395 e. The zero-order chi connectivity index (χ0) is 13.7. The van der Waals surface area contributed by atoms with E-state index in [4.69, 9.17) is 5.11 Å². The molecule has 0 unspecified atom stereocenters. The largest absolute Gasteiger partial charge is 0.395 e. The van der Waals surface area contributed by atoms with Gasteiger partial charge >= 0.3 is 0 Å². The van der Waals surface area contributed by atoms with Gasteiger partial charge in [0.1, 0.15) is 5.82 Å². The number of aliphatic hydroxyl groups excluding tert-OH is 1. The van der Waals surface area contributed by atoms with Crippen molar-refractivity contribution in [1.29, 1.82) is 0 Å². The second kappa shape index (κ2) is 6.86. The molecule has 3 heteroatoms. The lowest BCUT2D eigenvalue weighted by atomic mass is 9.87. The van der Waals surface area contributed by atoms with E-state index in [0.717, 1.165) is 5.56 Å². The van der Waals surface area contributed by atoms with Gasteiger partial charge in [-0.25, -0.2) is 4.39 Å². The number of likely N-dealkylation sites (N-methyl/N-ethyl adjacent to an activating group) is 1. The third kappa shape index (κ3) is 4.07. The zero-order valence-corrected chi connectivity index (χ0v) is 11.8. The van der Waals surface area contributed by atoms with Crippen molar-refractivity contribution in [2.45, 2.75) is 33.2 Å². The molecule has 0 spiro atoms. The molecule has 0 amide bonds. The Bertz CT molecular complexity index is 379. The molecule has 1 rings (SSSR count). The number of halogens is 1. The van der Waals surface area contributed by atoms with Crippen LogP contribution in [0.15, 0.2) is 18.2 Å². The number of nitrogens with zero attached hydrogens (tertiary/aromatic N) is 1. The number of rotatable bonds is 6. The molecular formula is C15H24FNO. The molecule has 0 aliphatic heterocycles. The minimum atomic E-state index is -0.192. The lowest BCUT2D eigenvalue weighted by Gasteiger charge is -2.23. The highest BCUT2D eigenvalue weighted by Crippen LogP contribution is 2.28. The Hall–Kier alpha value is -0.930. The van der Waals surface area contributed by atoms with Crippen molar-refractivity contribution < 1.29 is 9.50 Å². The molecule has 2 nitrogen and oxygen atoms in total. The van der Waals surface area contributed by atoms with Gasteiger partial charge in [-0.2, -0.15) is 0 Å². The van der Waals surface area contributed by atoms with E-state index in [1.54, 1.807) is 6.07 Å². The first kappa shape index (κ1) is 15.1. The topological polar surface area (TPSA) is 23.5 Å². The maximum absolute atomic E-state index is 13.4. The van der Waals surface area contributed by atoms with Gasteiger partial charge in [0.15, 0.2) is 0 Å². The first-order valence-electron chi connectivity index (χ1n) is 6.53. The fraction of sp³-hybridized carbons (Fsp3) is 0.600. The van der Waals surface area contributed by atoms with E-state index in [0.29, 0.717) is 24.9 Å². The van der Waals surface area contributed by atoms with Crippen LogP contribution in [0.5, 0.6) is 0 Å². The molecular weight excluding hydrogens is 229 g/mol. The predicted molar refractivity (Wildman–Crippen MR) is 73.1 cm³/mol. The Morgan fingerprint density at radius 1 is 1.28 bits per heavy atom. The maximum Gasteiger partial charge on any atom is 0.123 e. The first-order chi connectivity index (χ1) is 8.45. The van der Waals surface area contributed by atoms with Crippen LogP contribution in [0.3, 0.4) is 0 Å². The first-order valence-corrected chi connectivity index (χ1v) is 6.53. The molecule has 0 saturated carbocycles. The molecule has 0 aromatic heterocycles. The monoisotopic (exact) mass is 253 g/mol. The molecule has 0 aliphatic carbocycles. The van der Waals surface area contributed by atoms with Gasteiger partial charge in [0, 0.05) is 13.1 Å². The summed E-state index contributed by atoms with van der Waals surface area (Å²) in [6, 6.07) is 5.04. The summed E-state index contributed by atoms with van der Waals surface area (Å²) in [7, 11) is 1.94. The predicted octanol–water partition coefficient (Wildman–Crippen LogP) is 3.01. The van der Waals surface area contributed by atoms with Gasteiger partial charge in [0.25, 0.3) is 0 Å². The van der Waals surface area contributed by atoms with Crippen molar-refractivity contribution in [1.82, 2.24) is 4.90 Å². The van der Waals surface area contributed by atoms with Crippen molar-refractivity contribution in [2.24, 2.45) is 5.92 Å². The summed E-state index contributed by atoms with van der Waals surface area (Å²) in [5, 5.41) is 8.92. The van der Waals surface area contributed by atoms with E-state index < -0.39 is 0 Å². The molecule has 1 N–H and O–H groups in total. The summed E-state index contributed by atoms with van der Waals surface area (Å²) in [5.74, 6) is 0.739. The molecule has 1 atom stereocenters. The Labute approximate surface area is 109 Å². The Balaban J connectivity index is 2.96. The minimum absolute atomic E-state index is 0.126. The second-order valence-electron chi connectivity index (χ2n) is 5.34. The summed E-state index contributed by atoms with van der Waals surface area (Å²) >= 11 is 0. The average molecular weight is 253 g/mol. The smallest absolute Gasteiger partial charge is 0.123 e. The molecule has 0 fully saturated rings. The van der Waals surface area contributed by atoms with Gasteiger partial charge in [-0.05, 0) is 42.1 Å². The van der Waals surface area contributed by atoms with Gasteiger partial charge in [-0.3, -0.25) is 4.90 Å². The molecule has 0 saturated heterocycles. The quantitative estimate of drug-likeness (QED) is 0.842. The summed E-state index contributed by atoms with van der Waals surface area (Å²) in [6.07, 6.45) is 0. The molecule has 18 heavy (non-hydrogen) atoms. The molecule has 102 valence electrons. The van der Waals surface area contributed by atoms with Crippen molar-refractivity contribution in [2.75, 3.05) is 20.2 Å². The van der Waals surface area contributed by atoms with Crippen LogP contribution in [0.2, 0.25) is 0 Å². The van der Waals surface area contributed by atoms with E-state index in [2.05, 4.69) is 20.8 Å². The molecule has 0 heterocycles. The highest BCUT2D eigenvalue weighted by molar-refractivity contribution is 5.31. The van der Waals surface area contributed by atoms with Crippen LogP contribution in [0, 0.1) is 11.7 Å². The van der Waals surface area contributed by atoms with Crippen LogP contribution in [-0.2, 0) is 6.54 Å². The molecule has 0 radical (unpaired) electrons. The van der Waals surface area contributed by atoms with Crippen molar-refractivity contribution in [3.63, 3.8) is 0 Å². The lowest BCUT2D eigenvalue weighted by Crippen LogP contribution is -2.23. The third-order valence-corrected chi connectivity index (χ3v) is 3.52. The summed E-state index contributed by atoms with van der Waals surface area (Å²) < 4.78 is 13.4. The average Bonchev–Trinajstić information content (AvgIpc) is 2.28. The Morgan fingerprint density at radius 3 is 2.50 bits per heavy atom. The van der Waals surface area contributed by atoms with Gasteiger partial charge in [0.2, 0.25) is 0 Å². The normalized spacial score (nSPS) is 13.3. The fourth-order valence-electron chi connectivity index (χ4n) is 2.06. The standard InChI is InChI=1S/C15H24FNO/c1-11(2)12(3)15-6-5-14(16)9-13(15)10-17(4)7-8-18/h5-6,9,11-12,18H,7-8,10H2,1-4H3/t12-/m1/s1. The third-order valence-electron chi connectivity index (χ3n) is 3.52. The van der Waals surface area contributed by atoms with Crippen LogP contribution in [-0.4, -0.2) is 30.2 Å². The SMILES string of the molecule is CC(C)[C@@H](C)c1ccc(F)cc1CN(C)CCO. The molecule has 1 aromatic carbocycles. The van der Waals surface area contributed by atoms with Gasteiger partial charge in [-0.15, -0.1) is 0 Å². The van der Waals surface area contributed by atoms with E-state index in [-0.39, 0.29) is 12.4 Å². The maximum atomic E-state index is 13.4. The summed E-state index contributed by atoms with van der Waals surface area (Å²) in [4.78, 5) is 2.01. The highest BCUT2D eigenvalue weighted by Gasteiger charge is 2.15. The molecule has 0 aliphatic rings. The van der Waals surface area contributed by atoms with E-state index in [9.17, 15) is 4.39 Å². The number of aliphatic hydroxyl groups is 1. The summed E-state index contributed by atoms with van der Waals surface area (Å²) in [6.45, 7) is 7.93. The van der Waals surface area contributed by atoms with Crippen molar-refractivity contribution >= 4 is 0 Å². The van der Waals surface area contributed by atoms with E-state index >= 15 is 0 Å². The Morgan fingerprint density at radius 2 is 1.94 bits per heavy atom. The van der Waals surface area contributed by atoms with Crippen molar-refractivity contribution in [3.05, 3.63) is 35.1 Å². The summed E-state index contributed by atoms with van der Waals surface area (Å²) in [5.41, 5.74) is 2.23. The number of hydrogen-bond acceptors (Lipinski definition) is 2. The van der Waals surface area contributed by atoms with E-state index in [1.165, 1.54) is 11.6 Å². The van der Waals surface area contributed by atoms with Crippen LogP contribution in [0.4, 0.5) is 4.39 Å². The van der Waals surface area contributed by atoms with Crippen molar-refractivity contribution in [3.8, 4) is 0 Å². The van der Waals surface area contributed by atoms with Gasteiger partial charge in [0.05, 0.1) is 6.61 Å². The van der Waals surface area contributed by atoms with E-state index in [1.807, 2.05) is 18.0 Å². The second-order valence-corrected chi connectivity index (χ2v) is 5.34. The van der Waals surface area contributed by atoms with Crippen LogP contribution in [0.1, 0.15) is 37.8 Å². The van der Waals surface area contributed by atoms with Crippen LogP contribution >= 0.6 is 0 Å². The Kier molecular flexibility index (Phi) is 5.76. The van der Waals surface area contributed by atoms with Gasteiger partial charge in [-0.1, -0.05) is 26.8 Å². The fourth-order valence-corrected chi connectivity index (χ4v) is 2.06. The van der Waals surface area contributed by atoms with Gasteiger partial charge < -0.3 is 5.11 Å². The number of benzene rings is 1. The van der Waals surface area contributed by atoms with Crippen LogP contribution in [0.25, 0.3) is 0 Å². The highest BCUT2D eigenvalue weighted by atomic mass is 19.1. The zero-order valence-electron chi connectivity index (χ0n) is 11.8.